The van der Waals surface area contributed by atoms with Crippen LogP contribution in [0.25, 0.3) is 0 Å². The van der Waals surface area contributed by atoms with E-state index in [0.29, 0.717) is 20.8 Å². The number of carbonyl (C=O) groups excluding carboxylic acids is 1. The second kappa shape index (κ2) is 5.54. The van der Waals surface area contributed by atoms with E-state index in [0.717, 1.165) is 5.56 Å². The molecule has 0 radical (unpaired) electrons. The molecule has 0 aliphatic heterocycles. The van der Waals surface area contributed by atoms with Crippen LogP contribution < -0.4 is 0 Å². The van der Waals surface area contributed by atoms with Crippen LogP contribution in [0.3, 0.4) is 0 Å². The molecule has 2 aromatic carbocycles. The number of halogens is 3. The Bertz CT molecular complexity index is 527. The van der Waals surface area contributed by atoms with Crippen molar-refractivity contribution >= 4 is 41.1 Å². The van der Waals surface area contributed by atoms with Crippen LogP contribution in [-0.2, 0) is 4.42 Å². The Morgan fingerprint density at radius 2 is 1.47 bits per heavy atom. The molecule has 2 rings (SSSR count). The van der Waals surface area contributed by atoms with Crippen LogP contribution in [0, 0.1) is 0 Å². The lowest BCUT2D eigenvalue weighted by molar-refractivity contribution is 0.254. The van der Waals surface area contributed by atoms with Gasteiger partial charge in [0.1, 0.15) is 10.0 Å². The molecule has 0 saturated carbocycles. The summed E-state index contributed by atoms with van der Waals surface area (Å²) in [6, 6.07) is 12.5. The molecule has 0 aliphatic rings. The largest absolute Gasteiger partial charge is 0.328 e. The first-order valence-electron chi connectivity index (χ1n) is 4.79. The highest BCUT2D eigenvalue weighted by Gasteiger charge is 2.12. The maximum atomic E-state index is 5.97. The van der Waals surface area contributed by atoms with Crippen molar-refractivity contribution in [3.63, 3.8) is 0 Å². The molecule has 0 aromatic heterocycles. The zero-order valence-corrected chi connectivity index (χ0v) is 10.9. The smallest absolute Gasteiger partial charge is 0.292 e. The first-order chi connectivity index (χ1) is 8.16. The zero-order valence-electron chi connectivity index (χ0n) is 8.58. The van der Waals surface area contributed by atoms with E-state index in [4.69, 9.17) is 39.2 Å². The summed E-state index contributed by atoms with van der Waals surface area (Å²) in [7, 11) is 0. The Morgan fingerprint density at radius 3 is 2.06 bits per heavy atom. The summed E-state index contributed by atoms with van der Waals surface area (Å²) in [5, 5.41) is 1.17. The van der Waals surface area contributed by atoms with Crippen molar-refractivity contribution < 1.29 is 4.42 Å². The normalized spacial score (nSPS) is 11.0. The highest BCUT2D eigenvalue weighted by molar-refractivity contribution is 6.40. The monoisotopic (exact) mass is 284 g/mol. The van der Waals surface area contributed by atoms with Crippen LogP contribution in [0.5, 0.6) is 5.75 Å². The molecular weight excluding hydrogens is 279 g/mol. The lowest BCUT2D eigenvalue weighted by Gasteiger charge is -1.97. The average molecular weight is 286 g/mol. The number of hydrogen-bond acceptors (Lipinski definition) is 0. The van der Waals surface area contributed by atoms with Crippen molar-refractivity contribution in [3.8, 4) is 5.75 Å². The van der Waals surface area contributed by atoms with Gasteiger partial charge < -0.3 is 0 Å². The molecule has 0 fully saturated rings. The summed E-state index contributed by atoms with van der Waals surface area (Å²) in [5.74, 6) is 0.349. The molecule has 0 heterocycles. The molecule has 0 aliphatic carbocycles. The zero-order chi connectivity index (χ0) is 12.3. The maximum Gasteiger partial charge on any atom is 0.328 e. The molecule has 0 atom stereocenters. The summed E-state index contributed by atoms with van der Waals surface area (Å²) in [4.78, 5) is 0. The van der Waals surface area contributed by atoms with Crippen LogP contribution in [0.15, 0.2) is 42.5 Å². The van der Waals surface area contributed by atoms with Gasteiger partial charge in [-0.25, -0.2) is 0 Å². The average Bonchev–Trinajstić information content (AvgIpc) is 2.29. The van der Waals surface area contributed by atoms with Crippen LogP contribution in [0.2, 0.25) is 15.1 Å². The van der Waals surface area contributed by atoms with Gasteiger partial charge in [0.05, 0.1) is 0 Å². The molecule has 1 nitrogen and oxygen atoms in total. The summed E-state index contributed by atoms with van der Waals surface area (Å²) < 4.78 is 5.34. The highest BCUT2D eigenvalue weighted by atomic mass is 35.5. The summed E-state index contributed by atoms with van der Waals surface area (Å²) in [6.45, 7) is 0. The minimum absolute atomic E-state index is 0.349. The Morgan fingerprint density at radius 1 is 0.882 bits per heavy atom. The molecular formula is C13H7Cl3O. The summed E-state index contributed by atoms with van der Waals surface area (Å²) in [6.07, 6.45) is 2.75. The molecule has 17 heavy (non-hydrogen) atoms. The predicted molar refractivity (Wildman–Crippen MR) is 72.2 cm³/mol. The van der Waals surface area contributed by atoms with Crippen LogP contribution in [0.4, 0.5) is 0 Å². The van der Waals surface area contributed by atoms with E-state index in [1.54, 1.807) is 12.1 Å². The van der Waals surface area contributed by atoms with E-state index in [2.05, 4.69) is 6.29 Å². The van der Waals surface area contributed by atoms with Crippen LogP contribution >= 0.6 is 34.8 Å². The van der Waals surface area contributed by atoms with Gasteiger partial charge >= 0.3 is 12.0 Å². The van der Waals surface area contributed by atoms with Crippen LogP contribution in [-0.4, -0.2) is 6.29 Å². The highest BCUT2D eigenvalue weighted by Crippen LogP contribution is 2.35. The Labute approximate surface area is 114 Å². The molecule has 0 spiro atoms. The van der Waals surface area contributed by atoms with Crippen molar-refractivity contribution in [2.24, 2.45) is 0 Å². The molecule has 0 bridgehead atoms. The topological polar surface area (TPSA) is 11.3 Å². The van der Waals surface area contributed by atoms with E-state index in [9.17, 15) is 0 Å². The Balaban J connectivity index is 2.34. The molecule has 4 heteroatoms. The second-order valence-electron chi connectivity index (χ2n) is 3.27. The third-order valence-corrected chi connectivity index (χ3v) is 2.79. The quantitative estimate of drug-likeness (QED) is 0.540. The third-order valence-electron chi connectivity index (χ3n) is 2.01. The van der Waals surface area contributed by atoms with Gasteiger partial charge in [0, 0.05) is 5.02 Å². The van der Waals surface area contributed by atoms with E-state index in [1.165, 1.54) is 0 Å². The first kappa shape index (κ1) is 12.4. The standard InChI is InChI=1S/C13H7Cl3O/c14-10-6-11(15)13(12(16)7-10)17-8-9-4-2-1-3-5-9/h1-7H. The van der Waals surface area contributed by atoms with Gasteiger partial charge in [-0.1, -0.05) is 40.9 Å². The van der Waals surface area contributed by atoms with Crippen molar-refractivity contribution in [2.45, 2.75) is 0 Å². The predicted octanol–water partition coefficient (Wildman–Crippen LogP) is 5.05. The summed E-state index contributed by atoms with van der Waals surface area (Å²) in [5.41, 5.74) is 0.801. The minimum Gasteiger partial charge on any atom is -0.292 e. The lowest BCUT2D eigenvalue weighted by Crippen LogP contribution is -1.82. The minimum atomic E-state index is 0.349. The van der Waals surface area contributed by atoms with E-state index >= 15 is 0 Å². The SMILES string of the molecule is Clc1cc(Cl)c([O+]=[C-]c2ccccc2)c(Cl)c1. The Hall–Kier alpha value is -1.02. The van der Waals surface area contributed by atoms with E-state index in [-0.39, 0.29) is 0 Å². The van der Waals surface area contributed by atoms with Gasteiger partial charge in [0.15, 0.2) is 0 Å². The summed E-state index contributed by atoms with van der Waals surface area (Å²) >= 11 is 17.7. The number of rotatable bonds is 2. The molecule has 2 aromatic rings. The lowest BCUT2D eigenvalue weighted by atomic mass is 10.2. The fourth-order valence-electron chi connectivity index (χ4n) is 1.24. The van der Waals surface area contributed by atoms with Gasteiger partial charge in [-0.05, 0) is 17.7 Å². The molecule has 0 saturated heterocycles. The van der Waals surface area contributed by atoms with Gasteiger partial charge in [0.25, 0.3) is 0 Å². The fraction of sp³-hybridized carbons (Fsp3) is 0. The van der Waals surface area contributed by atoms with Crippen molar-refractivity contribution in [2.75, 3.05) is 0 Å². The van der Waals surface area contributed by atoms with E-state index in [1.807, 2.05) is 30.3 Å². The van der Waals surface area contributed by atoms with Gasteiger partial charge in [0.2, 0.25) is 0 Å². The molecule has 0 unspecified atom stereocenters. The molecule has 0 amide bonds. The number of benzene rings is 2. The first-order valence-corrected chi connectivity index (χ1v) is 5.92. The Kier molecular flexibility index (Phi) is 4.06. The van der Waals surface area contributed by atoms with Crippen molar-refractivity contribution in [3.05, 3.63) is 63.1 Å². The van der Waals surface area contributed by atoms with Gasteiger partial charge in [-0.15, -0.1) is 24.3 Å². The third kappa shape index (κ3) is 3.22. The van der Waals surface area contributed by atoms with Crippen molar-refractivity contribution in [1.82, 2.24) is 0 Å². The molecule has 0 N–H and O–H groups in total. The van der Waals surface area contributed by atoms with Gasteiger partial charge in [-0.3, -0.25) is 4.42 Å². The number of hydrogen-bond donors (Lipinski definition) is 0. The second-order valence-corrected chi connectivity index (χ2v) is 4.52. The van der Waals surface area contributed by atoms with Crippen LogP contribution in [0.1, 0.15) is 5.56 Å². The van der Waals surface area contributed by atoms with E-state index < -0.39 is 0 Å². The molecule has 86 valence electrons. The maximum absolute atomic E-state index is 5.97. The van der Waals surface area contributed by atoms with Crippen molar-refractivity contribution in [1.29, 1.82) is 0 Å². The fourth-order valence-corrected chi connectivity index (χ4v) is 2.14. The van der Waals surface area contributed by atoms with Gasteiger partial charge in [-0.2, -0.15) is 0 Å².